The summed E-state index contributed by atoms with van der Waals surface area (Å²) in [5.41, 5.74) is 1.63. The molecule has 0 saturated heterocycles. The zero-order valence-corrected chi connectivity index (χ0v) is 6.40. The molecule has 0 aliphatic rings. The standard InChI is InChI=1S/C7H8ClNO/c1-5-2-6(4-8)9-7(10)3-5/h2-3H,4H2,1H3,(H,9,10). The average molecular weight is 158 g/mol. The lowest BCUT2D eigenvalue weighted by molar-refractivity contribution is 1.10. The lowest BCUT2D eigenvalue weighted by Crippen LogP contribution is -2.06. The highest BCUT2D eigenvalue weighted by Gasteiger charge is 1.91. The van der Waals surface area contributed by atoms with Crippen LogP contribution in [-0.2, 0) is 5.88 Å². The van der Waals surface area contributed by atoms with E-state index in [4.69, 9.17) is 11.6 Å². The fourth-order valence-electron chi connectivity index (χ4n) is 0.826. The topological polar surface area (TPSA) is 32.9 Å². The number of aromatic amines is 1. The third-order valence-corrected chi connectivity index (χ3v) is 1.48. The number of hydrogen-bond donors (Lipinski definition) is 1. The molecule has 1 N–H and O–H groups in total. The third kappa shape index (κ3) is 1.61. The lowest BCUT2D eigenvalue weighted by atomic mass is 10.2. The van der Waals surface area contributed by atoms with Crippen molar-refractivity contribution in [1.29, 1.82) is 0 Å². The first-order valence-corrected chi connectivity index (χ1v) is 3.51. The second kappa shape index (κ2) is 2.88. The highest BCUT2D eigenvalue weighted by molar-refractivity contribution is 6.16. The Hall–Kier alpha value is -0.760. The van der Waals surface area contributed by atoms with E-state index in [2.05, 4.69) is 4.98 Å². The average Bonchev–Trinajstić information content (AvgIpc) is 1.85. The Labute approximate surface area is 63.8 Å². The number of pyridine rings is 1. The molecule has 0 atom stereocenters. The Balaban J connectivity index is 3.19. The molecule has 0 amide bonds. The van der Waals surface area contributed by atoms with Crippen molar-refractivity contribution in [2.75, 3.05) is 0 Å². The molecule has 0 aliphatic heterocycles. The van der Waals surface area contributed by atoms with Crippen molar-refractivity contribution in [3.63, 3.8) is 0 Å². The number of aryl methyl sites for hydroxylation is 1. The molecule has 2 nitrogen and oxygen atoms in total. The smallest absolute Gasteiger partial charge is 0.248 e. The van der Waals surface area contributed by atoms with Gasteiger partial charge in [0.05, 0.1) is 5.88 Å². The minimum Gasteiger partial charge on any atom is -0.325 e. The highest BCUT2D eigenvalue weighted by Crippen LogP contribution is 1.99. The van der Waals surface area contributed by atoms with Crippen molar-refractivity contribution in [1.82, 2.24) is 4.98 Å². The largest absolute Gasteiger partial charge is 0.325 e. The van der Waals surface area contributed by atoms with Gasteiger partial charge in [0.15, 0.2) is 0 Å². The van der Waals surface area contributed by atoms with Gasteiger partial charge in [-0.2, -0.15) is 0 Å². The quantitative estimate of drug-likeness (QED) is 0.615. The van der Waals surface area contributed by atoms with Crippen LogP contribution in [0.15, 0.2) is 16.9 Å². The molecule has 10 heavy (non-hydrogen) atoms. The summed E-state index contributed by atoms with van der Waals surface area (Å²) in [5.74, 6) is 0.358. The van der Waals surface area contributed by atoms with E-state index in [1.165, 1.54) is 6.07 Å². The number of halogens is 1. The third-order valence-electron chi connectivity index (χ3n) is 1.19. The number of nitrogens with one attached hydrogen (secondary N) is 1. The van der Waals surface area contributed by atoms with Gasteiger partial charge in [-0.05, 0) is 18.6 Å². The van der Waals surface area contributed by atoms with Crippen LogP contribution in [0, 0.1) is 6.92 Å². The summed E-state index contributed by atoms with van der Waals surface area (Å²) in [7, 11) is 0. The monoisotopic (exact) mass is 157 g/mol. The molecule has 54 valence electrons. The van der Waals surface area contributed by atoms with Gasteiger partial charge in [-0.25, -0.2) is 0 Å². The van der Waals surface area contributed by atoms with Gasteiger partial charge in [-0.15, -0.1) is 11.6 Å². The summed E-state index contributed by atoms with van der Waals surface area (Å²) in [6.45, 7) is 1.87. The van der Waals surface area contributed by atoms with Crippen LogP contribution in [0.3, 0.4) is 0 Å². The summed E-state index contributed by atoms with van der Waals surface area (Å²) in [6.07, 6.45) is 0. The summed E-state index contributed by atoms with van der Waals surface area (Å²) < 4.78 is 0. The molecule has 0 bridgehead atoms. The van der Waals surface area contributed by atoms with Gasteiger partial charge in [0.1, 0.15) is 0 Å². The first-order chi connectivity index (χ1) is 4.72. The van der Waals surface area contributed by atoms with E-state index in [1.54, 1.807) is 0 Å². The number of rotatable bonds is 1. The van der Waals surface area contributed by atoms with Crippen LogP contribution < -0.4 is 5.56 Å². The van der Waals surface area contributed by atoms with Gasteiger partial charge in [-0.3, -0.25) is 4.79 Å². The van der Waals surface area contributed by atoms with E-state index in [0.29, 0.717) is 5.88 Å². The van der Waals surface area contributed by atoms with Crippen LogP contribution in [0.1, 0.15) is 11.3 Å². The van der Waals surface area contributed by atoms with Gasteiger partial charge in [0.2, 0.25) is 5.56 Å². The predicted octanol–water partition coefficient (Wildman–Crippen LogP) is 1.42. The summed E-state index contributed by atoms with van der Waals surface area (Å²) in [4.78, 5) is 13.4. The molecule has 0 radical (unpaired) electrons. The first-order valence-electron chi connectivity index (χ1n) is 2.98. The maximum absolute atomic E-state index is 10.8. The van der Waals surface area contributed by atoms with Crippen molar-refractivity contribution in [3.8, 4) is 0 Å². The molecule has 0 saturated carbocycles. The molecule has 0 fully saturated rings. The molecule has 0 aliphatic carbocycles. The van der Waals surface area contributed by atoms with Crippen LogP contribution >= 0.6 is 11.6 Å². The van der Waals surface area contributed by atoms with Crippen molar-refractivity contribution < 1.29 is 0 Å². The number of alkyl halides is 1. The summed E-state index contributed by atoms with van der Waals surface area (Å²) in [6, 6.07) is 3.39. The molecular formula is C7H8ClNO. The zero-order chi connectivity index (χ0) is 7.56. The minimum absolute atomic E-state index is 0.0874. The van der Waals surface area contributed by atoms with E-state index in [0.717, 1.165) is 11.3 Å². The van der Waals surface area contributed by atoms with Crippen molar-refractivity contribution in [3.05, 3.63) is 33.7 Å². The Morgan fingerprint density at radius 1 is 1.60 bits per heavy atom. The Morgan fingerprint density at radius 2 is 2.30 bits per heavy atom. The summed E-state index contributed by atoms with van der Waals surface area (Å²) in [5, 5.41) is 0. The van der Waals surface area contributed by atoms with Gasteiger partial charge in [0, 0.05) is 11.8 Å². The molecular weight excluding hydrogens is 150 g/mol. The van der Waals surface area contributed by atoms with E-state index >= 15 is 0 Å². The molecule has 3 heteroatoms. The Morgan fingerprint density at radius 3 is 2.80 bits per heavy atom. The maximum atomic E-state index is 10.8. The van der Waals surface area contributed by atoms with E-state index < -0.39 is 0 Å². The van der Waals surface area contributed by atoms with Crippen LogP contribution in [0.4, 0.5) is 0 Å². The number of H-pyrrole nitrogens is 1. The second-order valence-electron chi connectivity index (χ2n) is 2.18. The Bertz CT molecular complexity index is 279. The maximum Gasteiger partial charge on any atom is 0.248 e. The van der Waals surface area contributed by atoms with Gasteiger partial charge >= 0.3 is 0 Å². The number of aromatic nitrogens is 1. The molecule has 1 aromatic rings. The van der Waals surface area contributed by atoms with Gasteiger partial charge < -0.3 is 4.98 Å². The SMILES string of the molecule is Cc1cc(CCl)[nH]c(=O)c1. The minimum atomic E-state index is -0.0874. The van der Waals surface area contributed by atoms with Crippen LogP contribution in [0.5, 0.6) is 0 Å². The van der Waals surface area contributed by atoms with Crippen LogP contribution in [0.2, 0.25) is 0 Å². The summed E-state index contributed by atoms with van der Waals surface area (Å²) >= 11 is 5.50. The first kappa shape index (κ1) is 7.35. The zero-order valence-electron chi connectivity index (χ0n) is 5.65. The lowest BCUT2D eigenvalue weighted by Gasteiger charge is -1.94. The van der Waals surface area contributed by atoms with Gasteiger partial charge in [-0.1, -0.05) is 0 Å². The molecule has 0 spiro atoms. The molecule has 1 aromatic heterocycles. The molecule has 0 aromatic carbocycles. The van der Waals surface area contributed by atoms with E-state index in [-0.39, 0.29) is 5.56 Å². The van der Waals surface area contributed by atoms with Crippen molar-refractivity contribution in [2.45, 2.75) is 12.8 Å². The molecule has 1 rings (SSSR count). The number of hydrogen-bond acceptors (Lipinski definition) is 1. The van der Waals surface area contributed by atoms with Crippen LogP contribution in [-0.4, -0.2) is 4.98 Å². The highest BCUT2D eigenvalue weighted by atomic mass is 35.5. The van der Waals surface area contributed by atoms with Crippen molar-refractivity contribution >= 4 is 11.6 Å². The second-order valence-corrected chi connectivity index (χ2v) is 2.45. The van der Waals surface area contributed by atoms with E-state index in [9.17, 15) is 4.79 Å². The predicted molar refractivity (Wildman–Crippen MR) is 41.4 cm³/mol. The van der Waals surface area contributed by atoms with E-state index in [1.807, 2.05) is 13.0 Å². The van der Waals surface area contributed by atoms with Gasteiger partial charge in [0.25, 0.3) is 0 Å². The molecule has 0 unspecified atom stereocenters. The Kier molecular flexibility index (Phi) is 2.12. The van der Waals surface area contributed by atoms with Crippen molar-refractivity contribution in [2.24, 2.45) is 0 Å². The fourth-order valence-corrected chi connectivity index (χ4v) is 0.970. The van der Waals surface area contributed by atoms with Crippen LogP contribution in [0.25, 0.3) is 0 Å². The normalized spacial score (nSPS) is 9.80. The molecule has 1 heterocycles. The fraction of sp³-hybridized carbons (Fsp3) is 0.286.